The SMILES string of the molecule is COc1cc(CNC2CCCCCC2)ccc1OCc1cccc(C)c1. The number of hydrogen-bond donors (Lipinski definition) is 1. The minimum atomic E-state index is 0.553. The molecule has 0 amide bonds. The van der Waals surface area contributed by atoms with Gasteiger partial charge in [-0.05, 0) is 43.0 Å². The molecular weight excluding hydrogens is 322 g/mol. The highest BCUT2D eigenvalue weighted by Gasteiger charge is 2.12. The minimum Gasteiger partial charge on any atom is -0.493 e. The van der Waals surface area contributed by atoms with Crippen molar-refractivity contribution in [2.75, 3.05) is 7.11 Å². The number of ether oxygens (including phenoxy) is 2. The highest BCUT2D eigenvalue weighted by atomic mass is 16.5. The van der Waals surface area contributed by atoms with Gasteiger partial charge in [0.15, 0.2) is 11.5 Å². The first-order chi connectivity index (χ1) is 12.7. The van der Waals surface area contributed by atoms with Crippen molar-refractivity contribution in [1.82, 2.24) is 5.32 Å². The van der Waals surface area contributed by atoms with Crippen molar-refractivity contribution in [1.29, 1.82) is 0 Å². The van der Waals surface area contributed by atoms with Crippen LogP contribution in [0.2, 0.25) is 0 Å². The van der Waals surface area contributed by atoms with Gasteiger partial charge < -0.3 is 14.8 Å². The maximum absolute atomic E-state index is 5.99. The van der Waals surface area contributed by atoms with E-state index in [1.165, 1.54) is 55.2 Å². The van der Waals surface area contributed by atoms with Gasteiger partial charge in [-0.15, -0.1) is 0 Å². The first-order valence-corrected chi connectivity index (χ1v) is 9.83. The predicted octanol–water partition coefficient (Wildman–Crippen LogP) is 5.40. The molecule has 1 aliphatic rings. The van der Waals surface area contributed by atoms with Gasteiger partial charge >= 0.3 is 0 Å². The average molecular weight is 354 g/mol. The zero-order valence-corrected chi connectivity index (χ0v) is 16.1. The van der Waals surface area contributed by atoms with Gasteiger partial charge in [-0.1, -0.05) is 61.6 Å². The van der Waals surface area contributed by atoms with Crippen molar-refractivity contribution < 1.29 is 9.47 Å². The summed E-state index contributed by atoms with van der Waals surface area (Å²) in [5.41, 5.74) is 3.66. The molecule has 2 aromatic carbocycles. The van der Waals surface area contributed by atoms with Crippen molar-refractivity contribution in [3.63, 3.8) is 0 Å². The summed E-state index contributed by atoms with van der Waals surface area (Å²) < 4.78 is 11.5. The molecule has 140 valence electrons. The number of methoxy groups -OCH3 is 1. The van der Waals surface area contributed by atoms with Gasteiger partial charge in [0.1, 0.15) is 6.61 Å². The summed E-state index contributed by atoms with van der Waals surface area (Å²) in [4.78, 5) is 0. The molecule has 0 radical (unpaired) electrons. The van der Waals surface area contributed by atoms with E-state index in [1.54, 1.807) is 7.11 Å². The molecule has 0 aromatic heterocycles. The normalized spacial score (nSPS) is 15.5. The van der Waals surface area contributed by atoms with E-state index in [1.807, 2.05) is 6.07 Å². The van der Waals surface area contributed by atoms with Crippen LogP contribution in [0.15, 0.2) is 42.5 Å². The van der Waals surface area contributed by atoms with Gasteiger partial charge in [-0.3, -0.25) is 0 Å². The molecule has 0 aliphatic heterocycles. The molecule has 1 aliphatic carbocycles. The molecule has 0 spiro atoms. The maximum atomic E-state index is 5.99. The predicted molar refractivity (Wildman–Crippen MR) is 107 cm³/mol. The largest absolute Gasteiger partial charge is 0.493 e. The molecule has 0 atom stereocenters. The first kappa shape index (κ1) is 18.8. The third-order valence-corrected chi connectivity index (χ3v) is 5.15. The maximum Gasteiger partial charge on any atom is 0.161 e. The summed E-state index contributed by atoms with van der Waals surface area (Å²) in [7, 11) is 1.71. The minimum absolute atomic E-state index is 0.553. The second-order valence-electron chi connectivity index (χ2n) is 7.33. The molecule has 1 fully saturated rings. The molecule has 1 saturated carbocycles. The molecule has 0 heterocycles. The third kappa shape index (κ3) is 5.50. The second-order valence-corrected chi connectivity index (χ2v) is 7.33. The Balaban J connectivity index is 1.58. The van der Waals surface area contributed by atoms with E-state index in [9.17, 15) is 0 Å². The third-order valence-electron chi connectivity index (χ3n) is 5.15. The van der Waals surface area contributed by atoms with Crippen molar-refractivity contribution in [3.05, 3.63) is 59.2 Å². The van der Waals surface area contributed by atoms with Gasteiger partial charge in [0, 0.05) is 12.6 Å². The van der Waals surface area contributed by atoms with Crippen LogP contribution in [0.5, 0.6) is 11.5 Å². The zero-order valence-electron chi connectivity index (χ0n) is 16.1. The topological polar surface area (TPSA) is 30.5 Å². The quantitative estimate of drug-likeness (QED) is 0.677. The van der Waals surface area contributed by atoms with Crippen molar-refractivity contribution >= 4 is 0 Å². The van der Waals surface area contributed by atoms with Crippen LogP contribution >= 0.6 is 0 Å². The Bertz CT molecular complexity index is 690. The highest BCUT2D eigenvalue weighted by Crippen LogP contribution is 2.29. The Morgan fingerprint density at radius 1 is 0.923 bits per heavy atom. The van der Waals surface area contributed by atoms with Crippen LogP contribution in [0.4, 0.5) is 0 Å². The number of aryl methyl sites for hydroxylation is 1. The average Bonchev–Trinajstić information content (AvgIpc) is 2.94. The summed E-state index contributed by atoms with van der Waals surface area (Å²) >= 11 is 0. The molecule has 3 rings (SSSR count). The van der Waals surface area contributed by atoms with Gasteiger partial charge in [-0.25, -0.2) is 0 Å². The van der Waals surface area contributed by atoms with E-state index in [0.29, 0.717) is 12.6 Å². The lowest BCUT2D eigenvalue weighted by Crippen LogP contribution is -2.27. The second kappa shape index (κ2) is 9.63. The molecule has 3 nitrogen and oxygen atoms in total. The van der Waals surface area contributed by atoms with Crippen LogP contribution in [0.1, 0.15) is 55.2 Å². The Kier molecular flexibility index (Phi) is 6.96. The van der Waals surface area contributed by atoms with Crippen molar-refractivity contribution in [2.45, 2.75) is 64.6 Å². The molecule has 2 aromatic rings. The standard InChI is InChI=1S/C23H31NO2/c1-18-8-7-9-20(14-18)17-26-22-13-12-19(15-23(22)25-2)16-24-21-10-5-3-4-6-11-21/h7-9,12-15,21,24H,3-6,10-11,16-17H2,1-2H3. The Hall–Kier alpha value is -2.00. The lowest BCUT2D eigenvalue weighted by atomic mass is 10.1. The Morgan fingerprint density at radius 2 is 1.73 bits per heavy atom. The molecular formula is C23H31NO2. The van der Waals surface area contributed by atoms with E-state index >= 15 is 0 Å². The summed E-state index contributed by atoms with van der Waals surface area (Å²) in [5, 5.41) is 3.72. The van der Waals surface area contributed by atoms with E-state index < -0.39 is 0 Å². The van der Waals surface area contributed by atoms with E-state index in [4.69, 9.17) is 9.47 Å². The number of rotatable bonds is 7. The lowest BCUT2D eigenvalue weighted by Gasteiger charge is -2.17. The molecule has 0 bridgehead atoms. The highest BCUT2D eigenvalue weighted by molar-refractivity contribution is 5.43. The fourth-order valence-corrected chi connectivity index (χ4v) is 3.65. The van der Waals surface area contributed by atoms with E-state index in [-0.39, 0.29) is 0 Å². The van der Waals surface area contributed by atoms with Crippen LogP contribution in [0.3, 0.4) is 0 Å². The Labute approximate surface area is 157 Å². The smallest absolute Gasteiger partial charge is 0.161 e. The monoisotopic (exact) mass is 353 g/mol. The fourth-order valence-electron chi connectivity index (χ4n) is 3.65. The van der Waals surface area contributed by atoms with Crippen LogP contribution in [-0.4, -0.2) is 13.2 Å². The Morgan fingerprint density at radius 3 is 2.46 bits per heavy atom. The summed E-state index contributed by atoms with van der Waals surface area (Å²) in [6, 6.07) is 15.3. The molecule has 0 saturated heterocycles. The number of hydrogen-bond acceptors (Lipinski definition) is 3. The summed E-state index contributed by atoms with van der Waals surface area (Å²) in [6.45, 7) is 3.54. The van der Waals surface area contributed by atoms with E-state index in [2.05, 4.69) is 48.6 Å². The van der Waals surface area contributed by atoms with E-state index in [0.717, 1.165) is 18.0 Å². The molecule has 0 unspecified atom stereocenters. The molecule has 3 heteroatoms. The first-order valence-electron chi connectivity index (χ1n) is 9.83. The fraction of sp³-hybridized carbons (Fsp3) is 0.478. The van der Waals surface area contributed by atoms with Gasteiger partial charge in [0.2, 0.25) is 0 Å². The molecule has 26 heavy (non-hydrogen) atoms. The zero-order chi connectivity index (χ0) is 18.2. The van der Waals surface area contributed by atoms with Gasteiger partial charge in [0.25, 0.3) is 0 Å². The van der Waals surface area contributed by atoms with Crippen LogP contribution in [0.25, 0.3) is 0 Å². The lowest BCUT2D eigenvalue weighted by molar-refractivity contribution is 0.284. The summed E-state index contributed by atoms with van der Waals surface area (Å²) in [5.74, 6) is 1.60. The van der Waals surface area contributed by atoms with Crippen molar-refractivity contribution in [2.24, 2.45) is 0 Å². The number of nitrogens with one attached hydrogen (secondary N) is 1. The van der Waals surface area contributed by atoms with Crippen molar-refractivity contribution in [3.8, 4) is 11.5 Å². The van der Waals surface area contributed by atoms with Crippen LogP contribution in [-0.2, 0) is 13.2 Å². The van der Waals surface area contributed by atoms with Gasteiger partial charge in [-0.2, -0.15) is 0 Å². The van der Waals surface area contributed by atoms with Crippen LogP contribution in [0, 0.1) is 6.92 Å². The van der Waals surface area contributed by atoms with Gasteiger partial charge in [0.05, 0.1) is 7.11 Å². The van der Waals surface area contributed by atoms with Crippen LogP contribution < -0.4 is 14.8 Å². The number of benzene rings is 2. The molecule has 1 N–H and O–H groups in total. The summed E-state index contributed by atoms with van der Waals surface area (Å²) in [6.07, 6.45) is 8.08.